The first-order chi connectivity index (χ1) is 49.4. The van der Waals surface area contributed by atoms with Gasteiger partial charge in [-0.25, -0.2) is 9.97 Å². The van der Waals surface area contributed by atoms with E-state index in [0.717, 1.165) is 50.0 Å². The first kappa shape index (κ1) is 78.5. The highest BCUT2D eigenvalue weighted by Crippen LogP contribution is 2.59. The van der Waals surface area contributed by atoms with Gasteiger partial charge in [0, 0.05) is 48.6 Å². The molecule has 2 aliphatic heterocycles. The van der Waals surface area contributed by atoms with Crippen molar-refractivity contribution in [1.82, 2.24) is 19.8 Å². The Labute approximate surface area is 628 Å². The van der Waals surface area contributed by atoms with E-state index in [2.05, 4.69) is 13.2 Å². The molecule has 12 rings (SSSR count). The number of ketones is 2. The van der Waals surface area contributed by atoms with Crippen LogP contribution in [0.4, 0.5) is 0 Å². The number of rotatable bonds is 32. The van der Waals surface area contributed by atoms with Crippen LogP contribution in [0.25, 0.3) is 21.8 Å². The maximum absolute atomic E-state index is 14.6. The number of esters is 2. The number of halogens is 2. The van der Waals surface area contributed by atoms with Crippen molar-refractivity contribution in [1.29, 1.82) is 0 Å². The van der Waals surface area contributed by atoms with Crippen LogP contribution in [0, 0.1) is 69.0 Å². The van der Waals surface area contributed by atoms with Gasteiger partial charge in [0.15, 0.2) is 11.6 Å². The number of aromatic nitrogens is 2. The third-order valence-electron chi connectivity index (χ3n) is 22.7. The second-order valence-electron chi connectivity index (χ2n) is 32.2. The number of ether oxygens (including phenoxy) is 6. The van der Waals surface area contributed by atoms with Gasteiger partial charge in [0.25, 0.3) is 0 Å². The first-order valence-electron chi connectivity index (χ1n) is 37.3. The van der Waals surface area contributed by atoms with Gasteiger partial charge in [0.05, 0.1) is 84.9 Å². The van der Waals surface area contributed by atoms with Crippen LogP contribution in [-0.2, 0) is 47.8 Å². The van der Waals surface area contributed by atoms with Crippen LogP contribution in [-0.4, -0.2) is 152 Å². The minimum Gasteiger partial charge on any atom is -0.492 e. The number of hydrogen-bond acceptors (Lipinski definition) is 18. The van der Waals surface area contributed by atoms with Gasteiger partial charge in [-0.15, -0.1) is 36.7 Å². The van der Waals surface area contributed by atoms with E-state index in [1.807, 2.05) is 93.5 Å². The Morgan fingerprint density at radius 3 is 1.23 bits per heavy atom. The van der Waals surface area contributed by atoms with E-state index in [9.17, 15) is 48.6 Å². The van der Waals surface area contributed by atoms with Crippen LogP contribution in [0.3, 0.4) is 0 Å². The average Bonchev–Trinajstić information content (AvgIpc) is 1.60. The smallest absolute Gasteiger partial charge is 0.310 e. The van der Waals surface area contributed by atoms with Crippen molar-refractivity contribution in [2.75, 3.05) is 37.8 Å². The third-order valence-corrected chi connectivity index (χ3v) is 25.0. The molecule has 4 heterocycles. The van der Waals surface area contributed by atoms with Gasteiger partial charge in [0.1, 0.15) is 67.5 Å². The Morgan fingerprint density at radius 2 is 0.923 bits per heavy atom. The van der Waals surface area contributed by atoms with E-state index < -0.39 is 81.7 Å². The van der Waals surface area contributed by atoms with Gasteiger partial charge in [-0.1, -0.05) is 105 Å². The zero-order chi connectivity index (χ0) is 75.1. The molecule has 16 atom stereocenters. The molecule has 0 spiro atoms. The second kappa shape index (κ2) is 32.1. The van der Waals surface area contributed by atoms with Crippen LogP contribution < -0.4 is 18.9 Å². The molecule has 2 N–H and O–H groups in total. The Hall–Kier alpha value is -6.62. The van der Waals surface area contributed by atoms with Crippen molar-refractivity contribution in [3.8, 4) is 23.0 Å². The summed E-state index contributed by atoms with van der Waals surface area (Å²) in [5.74, 6) is -0.252. The number of allylic oxidation sites excluding steroid dienone is 2. The highest BCUT2D eigenvalue weighted by Gasteiger charge is 2.63. The number of pyridine rings is 2. The summed E-state index contributed by atoms with van der Waals surface area (Å²) in [5.41, 5.74) is -2.67. The Morgan fingerprint density at radius 1 is 0.558 bits per heavy atom. The highest BCUT2D eigenvalue weighted by atomic mass is 35.5. The first-order valence-corrected chi connectivity index (χ1v) is 40.0. The summed E-state index contributed by atoms with van der Waals surface area (Å²) in [6.45, 7) is 28.2. The number of carboxylic acids is 2. The van der Waals surface area contributed by atoms with Crippen LogP contribution in [0.1, 0.15) is 172 Å². The summed E-state index contributed by atoms with van der Waals surface area (Å²) in [5, 5.41) is 23.7. The molecule has 6 aliphatic carbocycles. The summed E-state index contributed by atoms with van der Waals surface area (Å²) in [6, 6.07) is 9.11. The van der Waals surface area contributed by atoms with E-state index >= 15 is 0 Å². The summed E-state index contributed by atoms with van der Waals surface area (Å²) in [6.07, 6.45) is 9.62. The molecule has 104 heavy (non-hydrogen) atoms. The van der Waals surface area contributed by atoms with Crippen LogP contribution >= 0.6 is 46.7 Å². The predicted molar refractivity (Wildman–Crippen MR) is 399 cm³/mol. The summed E-state index contributed by atoms with van der Waals surface area (Å²) in [4.78, 5) is 122. The Balaban J connectivity index is 0.000000208. The quantitative estimate of drug-likeness (QED) is 0.0261. The second-order valence-corrected chi connectivity index (χ2v) is 35.5. The Kier molecular flexibility index (Phi) is 24.2. The number of nitrogens with zero attached hydrogens (tertiary/aromatic N) is 4. The number of carbonyl (C=O) groups excluding carboxylic acids is 6. The molecule has 2 aromatic heterocycles. The molecular weight excluding hydrogens is 1410 g/mol. The van der Waals surface area contributed by atoms with Gasteiger partial charge >= 0.3 is 23.9 Å². The zero-order valence-corrected chi connectivity index (χ0v) is 64.8. The molecule has 8 aliphatic rings. The molecule has 2 amide bonds. The number of Topliss-reactive ketones (excluding diaryl/α,β-unsaturated/α-hetero) is 2. The molecule has 20 nitrogen and oxygen atoms in total. The number of hydrogen-bond donors (Lipinski definition) is 2. The normalized spacial score (nSPS) is 28.2. The molecule has 8 fully saturated rings. The molecule has 24 heteroatoms. The SMILES string of the molecule is C=C[C@@H]1C[C@]1(CC(=O)[C@@H]1C[C@@H](Oc2cc(SCC)nc3c(Cl)c(OCCC)ccc23)CN1C(=O)[C@@H](CC(=O)OC1C[C@@H]2C[C@@H]2C1)C(C)(C)C)C(=O)O.C=C[C@@H]1C[C@]1(CC(=O)[C@@H]1C[C@@H](Oc2cc(SCC)nc3c(Cl)c(OCCC)ccc23)CN1C(=O)[C@@H](CC(=O)OC1C[C@@H]2C[C@@H]2C1)C(C)(C)C)C(=O)O. The monoisotopic (exact) mass is 1510 g/mol. The number of likely N-dealkylation sites (tertiary alicyclic amines) is 2. The molecular formula is C80H102Cl2N4O16S2. The predicted octanol–water partition coefficient (Wildman–Crippen LogP) is 15.5. The number of carboxylic acid groups (broad SMARTS) is 2. The van der Waals surface area contributed by atoms with Gasteiger partial charge in [-0.3, -0.25) is 38.4 Å². The standard InChI is InChI=1S/2C40H51ClN2O8S/c2*1-7-12-49-31-11-10-27-32(18-33(52-9-3)42-36(27)35(31)41)50-26-16-29(30(44)20-40(38(47)48)19-24(40)8-2)43(21-26)37(46)28(39(4,5)6)17-34(45)51-25-14-22-13-23(22)15-25/h2*8,10-11,18,22-26,28-29H,2,7,9,12-17,19-21H2,1,3-6H3,(H,47,48)/t2*22-,23+,24-,25?,26-,28-,29+,40-/m11/s1. The van der Waals surface area contributed by atoms with Crippen molar-refractivity contribution >= 4 is 116 Å². The van der Waals surface area contributed by atoms with E-state index in [1.54, 1.807) is 24.3 Å². The molecule has 564 valence electrons. The fraction of sp³-hybridized carbons (Fsp3) is 0.625. The zero-order valence-electron chi connectivity index (χ0n) is 61.6. The molecule has 2 unspecified atom stereocenters. The summed E-state index contributed by atoms with van der Waals surface area (Å²) in [7, 11) is 0. The Bertz CT molecular complexity index is 3720. The van der Waals surface area contributed by atoms with E-state index in [0.29, 0.717) is 115 Å². The topological polar surface area (TPSA) is 265 Å². The lowest BCUT2D eigenvalue weighted by molar-refractivity contribution is -0.157. The number of benzene rings is 2. The molecule has 0 radical (unpaired) electrons. The maximum atomic E-state index is 14.6. The van der Waals surface area contributed by atoms with Gasteiger partial charge in [0.2, 0.25) is 11.8 Å². The summed E-state index contributed by atoms with van der Waals surface area (Å²) < 4.78 is 36.8. The average molecular weight is 1510 g/mol. The number of thioether (sulfide) groups is 2. The van der Waals surface area contributed by atoms with Crippen LogP contribution in [0.15, 0.2) is 71.8 Å². The summed E-state index contributed by atoms with van der Waals surface area (Å²) >= 11 is 16.7. The molecule has 6 saturated carbocycles. The largest absolute Gasteiger partial charge is 0.492 e. The molecule has 2 saturated heterocycles. The number of carbonyl (C=O) groups is 8. The fourth-order valence-corrected chi connectivity index (χ4v) is 18.1. The number of aliphatic carboxylic acids is 2. The van der Waals surface area contributed by atoms with Crippen molar-refractivity contribution in [2.45, 2.75) is 219 Å². The van der Waals surface area contributed by atoms with E-state index in [4.69, 9.17) is 61.6 Å². The van der Waals surface area contributed by atoms with Gasteiger partial charge in [-0.2, -0.15) is 0 Å². The van der Waals surface area contributed by atoms with Crippen molar-refractivity contribution in [3.63, 3.8) is 0 Å². The molecule has 4 aromatic rings. The van der Waals surface area contributed by atoms with E-state index in [-0.39, 0.29) is 99.0 Å². The fourth-order valence-electron chi connectivity index (χ4n) is 16.3. The maximum Gasteiger partial charge on any atom is 0.310 e. The lowest BCUT2D eigenvalue weighted by atomic mass is 9.77. The number of fused-ring (bicyclic) bond motifs is 4. The number of amides is 2. The van der Waals surface area contributed by atoms with Crippen molar-refractivity contribution < 1.29 is 77.0 Å². The minimum absolute atomic E-state index is 0.0826. The lowest BCUT2D eigenvalue weighted by Gasteiger charge is -2.35. The van der Waals surface area contributed by atoms with Crippen molar-refractivity contribution in [3.05, 3.63) is 71.8 Å². The highest BCUT2D eigenvalue weighted by molar-refractivity contribution is 7.99. The minimum atomic E-state index is -1.23. The third kappa shape index (κ3) is 17.3. The van der Waals surface area contributed by atoms with Crippen LogP contribution in [0.2, 0.25) is 10.0 Å². The molecule has 2 aromatic carbocycles. The van der Waals surface area contributed by atoms with Crippen LogP contribution in [0.5, 0.6) is 23.0 Å². The van der Waals surface area contributed by atoms with Gasteiger partial charge < -0.3 is 48.4 Å². The lowest BCUT2D eigenvalue weighted by Crippen LogP contribution is -2.48. The van der Waals surface area contributed by atoms with Crippen molar-refractivity contribution in [2.24, 2.45) is 69.0 Å². The van der Waals surface area contributed by atoms with Gasteiger partial charge in [-0.05, 0) is 146 Å². The molecule has 0 bridgehead atoms. The van der Waals surface area contributed by atoms with E-state index in [1.165, 1.54) is 46.2 Å².